The first kappa shape index (κ1) is 14.8. The third kappa shape index (κ3) is 5.20. The van der Waals surface area contributed by atoms with Crippen molar-refractivity contribution >= 4 is 21.4 Å². The van der Waals surface area contributed by atoms with E-state index in [1.165, 1.54) is 10.9 Å². The van der Waals surface area contributed by atoms with Crippen LogP contribution in [-0.2, 0) is 21.2 Å². The summed E-state index contributed by atoms with van der Waals surface area (Å²) in [6.07, 6.45) is 6.60. The second kappa shape index (κ2) is 5.82. The van der Waals surface area contributed by atoms with Gasteiger partial charge in [0, 0.05) is 24.5 Å². The van der Waals surface area contributed by atoms with Gasteiger partial charge in [0.05, 0.1) is 17.6 Å². The molecule has 0 saturated heterocycles. The van der Waals surface area contributed by atoms with Gasteiger partial charge in [-0.25, -0.2) is 8.42 Å². The highest BCUT2D eigenvalue weighted by atomic mass is 32.2. The van der Waals surface area contributed by atoms with Crippen LogP contribution in [0.4, 0.5) is 5.69 Å². The minimum Gasteiger partial charge on any atom is -0.379 e. The van der Waals surface area contributed by atoms with Gasteiger partial charge in [-0.3, -0.25) is 9.48 Å². The maximum atomic E-state index is 11.6. The van der Waals surface area contributed by atoms with Gasteiger partial charge in [-0.15, -0.1) is 0 Å². The number of sulfone groups is 1. The Hall–Kier alpha value is -1.57. The summed E-state index contributed by atoms with van der Waals surface area (Å²) in [5, 5.41) is 10.0. The van der Waals surface area contributed by atoms with Crippen molar-refractivity contribution in [1.82, 2.24) is 15.1 Å². The van der Waals surface area contributed by atoms with Crippen molar-refractivity contribution in [3.63, 3.8) is 0 Å². The Morgan fingerprint density at radius 2 is 2.25 bits per heavy atom. The van der Waals surface area contributed by atoms with Crippen LogP contribution in [0.25, 0.3) is 0 Å². The van der Waals surface area contributed by atoms with Crippen LogP contribution in [0.3, 0.4) is 0 Å². The molecule has 1 aromatic rings. The van der Waals surface area contributed by atoms with E-state index in [0.29, 0.717) is 11.7 Å². The summed E-state index contributed by atoms with van der Waals surface area (Å²) in [5.41, 5.74) is 0.709. The zero-order valence-electron chi connectivity index (χ0n) is 11.7. The van der Waals surface area contributed by atoms with E-state index in [2.05, 4.69) is 15.7 Å². The van der Waals surface area contributed by atoms with Gasteiger partial charge in [0.2, 0.25) is 5.91 Å². The van der Waals surface area contributed by atoms with Gasteiger partial charge in [0.15, 0.2) is 0 Å². The molecule has 1 fully saturated rings. The summed E-state index contributed by atoms with van der Waals surface area (Å²) in [5.74, 6) is 0.00621. The highest BCUT2D eigenvalue weighted by Gasteiger charge is 2.23. The highest BCUT2D eigenvalue weighted by molar-refractivity contribution is 7.90. The van der Waals surface area contributed by atoms with E-state index in [1.54, 1.807) is 19.3 Å². The van der Waals surface area contributed by atoms with Crippen LogP contribution in [-0.4, -0.2) is 48.2 Å². The molecule has 8 heteroatoms. The first-order valence-electron chi connectivity index (χ1n) is 6.58. The molecule has 0 aromatic carbocycles. The van der Waals surface area contributed by atoms with Gasteiger partial charge in [-0.1, -0.05) is 0 Å². The summed E-state index contributed by atoms with van der Waals surface area (Å²) in [6.45, 7) is 1.97. The number of carbonyl (C=O) groups is 1. The number of amides is 1. The van der Waals surface area contributed by atoms with Crippen molar-refractivity contribution in [2.75, 3.05) is 17.3 Å². The molecule has 2 rings (SSSR count). The molecule has 1 aromatic heterocycles. The molecule has 1 atom stereocenters. The molecule has 1 heterocycles. The Balaban J connectivity index is 1.83. The van der Waals surface area contributed by atoms with Crippen LogP contribution in [0.2, 0.25) is 0 Å². The molecule has 1 amide bonds. The summed E-state index contributed by atoms with van der Waals surface area (Å²) < 4.78 is 23.9. The standard InChI is InChI=1S/C12H20N4O3S/c1-9(8-20(2,18)19)14-11-5-13-16(6-11)7-12(17)15-10-3-4-10/h5-6,9-10,14H,3-4,7-8H2,1-2H3,(H,15,17). The third-order valence-electron chi connectivity index (χ3n) is 2.85. The number of hydrogen-bond acceptors (Lipinski definition) is 5. The number of hydrogen-bond donors (Lipinski definition) is 2. The highest BCUT2D eigenvalue weighted by Crippen LogP contribution is 2.18. The topological polar surface area (TPSA) is 93.1 Å². The van der Waals surface area contributed by atoms with Crippen LogP contribution in [0, 0.1) is 0 Å². The minimum absolute atomic E-state index is 0.0497. The normalized spacial score (nSPS) is 16.7. The van der Waals surface area contributed by atoms with Crippen LogP contribution in [0.15, 0.2) is 12.4 Å². The summed E-state index contributed by atoms with van der Waals surface area (Å²) in [7, 11) is -3.02. The minimum atomic E-state index is -3.02. The Morgan fingerprint density at radius 1 is 1.55 bits per heavy atom. The number of carbonyl (C=O) groups excluding carboxylic acids is 1. The lowest BCUT2D eigenvalue weighted by atomic mass is 10.4. The van der Waals surface area contributed by atoms with E-state index in [9.17, 15) is 13.2 Å². The second-order valence-electron chi connectivity index (χ2n) is 5.41. The smallest absolute Gasteiger partial charge is 0.241 e. The summed E-state index contributed by atoms with van der Waals surface area (Å²) in [6, 6.07) is 0.133. The first-order valence-corrected chi connectivity index (χ1v) is 8.64. The predicted molar refractivity (Wildman–Crippen MR) is 76.2 cm³/mol. The Kier molecular flexibility index (Phi) is 4.32. The van der Waals surface area contributed by atoms with Gasteiger partial charge in [-0.2, -0.15) is 5.10 Å². The van der Waals surface area contributed by atoms with Gasteiger partial charge in [-0.05, 0) is 19.8 Å². The van der Waals surface area contributed by atoms with Gasteiger partial charge in [0.1, 0.15) is 16.4 Å². The summed E-state index contributed by atoms with van der Waals surface area (Å²) in [4.78, 5) is 11.6. The fraction of sp³-hybridized carbons (Fsp3) is 0.667. The van der Waals surface area contributed by atoms with Crippen molar-refractivity contribution in [3.05, 3.63) is 12.4 Å². The molecular formula is C12H20N4O3S. The molecule has 1 aliphatic carbocycles. The molecule has 1 aliphatic rings. The summed E-state index contributed by atoms with van der Waals surface area (Å²) >= 11 is 0. The van der Waals surface area contributed by atoms with Crippen molar-refractivity contribution in [2.45, 2.75) is 38.4 Å². The van der Waals surface area contributed by atoms with E-state index in [-0.39, 0.29) is 24.2 Å². The average molecular weight is 300 g/mol. The lowest BCUT2D eigenvalue weighted by Gasteiger charge is -2.11. The molecule has 1 unspecified atom stereocenters. The third-order valence-corrected chi connectivity index (χ3v) is 3.95. The Morgan fingerprint density at radius 3 is 2.85 bits per heavy atom. The Labute approximate surface area is 118 Å². The van der Waals surface area contributed by atoms with Crippen molar-refractivity contribution in [2.24, 2.45) is 0 Å². The fourth-order valence-corrected chi connectivity index (χ4v) is 2.94. The fourth-order valence-electron chi connectivity index (χ4n) is 1.95. The van der Waals surface area contributed by atoms with E-state index >= 15 is 0 Å². The molecule has 0 aliphatic heterocycles. The maximum Gasteiger partial charge on any atom is 0.241 e. The molecular weight excluding hydrogens is 280 g/mol. The van der Waals surface area contributed by atoms with Crippen molar-refractivity contribution < 1.29 is 13.2 Å². The molecule has 112 valence electrons. The molecule has 0 radical (unpaired) electrons. The van der Waals surface area contributed by atoms with Crippen molar-refractivity contribution in [3.8, 4) is 0 Å². The maximum absolute atomic E-state index is 11.6. The zero-order valence-corrected chi connectivity index (χ0v) is 12.5. The lowest BCUT2D eigenvalue weighted by molar-refractivity contribution is -0.122. The Bertz CT molecular complexity index is 577. The zero-order chi connectivity index (χ0) is 14.8. The lowest BCUT2D eigenvalue weighted by Crippen LogP contribution is -2.29. The van der Waals surface area contributed by atoms with Crippen LogP contribution in [0.5, 0.6) is 0 Å². The molecule has 0 bridgehead atoms. The number of nitrogens with one attached hydrogen (secondary N) is 2. The number of rotatable bonds is 7. The molecule has 0 spiro atoms. The quantitative estimate of drug-likeness (QED) is 0.740. The molecule has 2 N–H and O–H groups in total. The monoisotopic (exact) mass is 300 g/mol. The van der Waals surface area contributed by atoms with Gasteiger partial charge < -0.3 is 10.6 Å². The molecule has 7 nitrogen and oxygen atoms in total. The van der Waals surface area contributed by atoms with E-state index in [0.717, 1.165) is 12.8 Å². The molecule has 1 saturated carbocycles. The van der Waals surface area contributed by atoms with E-state index in [1.807, 2.05) is 0 Å². The predicted octanol–water partition coefficient (Wildman–Crippen LogP) is 0.00670. The van der Waals surface area contributed by atoms with Crippen LogP contribution < -0.4 is 10.6 Å². The van der Waals surface area contributed by atoms with Crippen LogP contribution in [0.1, 0.15) is 19.8 Å². The van der Waals surface area contributed by atoms with E-state index in [4.69, 9.17) is 0 Å². The van der Waals surface area contributed by atoms with Crippen molar-refractivity contribution in [1.29, 1.82) is 0 Å². The van der Waals surface area contributed by atoms with Gasteiger partial charge >= 0.3 is 0 Å². The largest absolute Gasteiger partial charge is 0.379 e. The molecule has 20 heavy (non-hydrogen) atoms. The van der Waals surface area contributed by atoms with Crippen LogP contribution >= 0.6 is 0 Å². The number of anilines is 1. The average Bonchev–Trinajstić information content (AvgIpc) is 2.97. The second-order valence-corrected chi connectivity index (χ2v) is 7.59. The SMILES string of the molecule is CC(CS(C)(=O)=O)Nc1cnn(CC(=O)NC2CC2)c1. The number of aromatic nitrogens is 2. The first-order chi connectivity index (χ1) is 9.32. The number of nitrogens with zero attached hydrogens (tertiary/aromatic N) is 2. The van der Waals surface area contributed by atoms with E-state index < -0.39 is 9.84 Å². The van der Waals surface area contributed by atoms with Gasteiger partial charge in [0.25, 0.3) is 0 Å².